The number of carbonyl (C=O) groups excluding carboxylic acids is 2. The van der Waals surface area contributed by atoms with Crippen molar-refractivity contribution in [2.45, 2.75) is 33.3 Å². The van der Waals surface area contributed by atoms with Gasteiger partial charge in [-0.05, 0) is 24.1 Å². The number of alkyl halides is 2. The first kappa shape index (κ1) is 22.5. The molecular formula is C19H23F2N3O4S. The normalized spacial score (nSPS) is 10.9. The smallest absolute Gasteiger partial charge is 0.387 e. The molecule has 7 nitrogen and oxygen atoms in total. The van der Waals surface area contributed by atoms with Crippen LogP contribution in [0.2, 0.25) is 0 Å². The fourth-order valence-electron chi connectivity index (χ4n) is 2.33. The maximum Gasteiger partial charge on any atom is 0.387 e. The highest BCUT2D eigenvalue weighted by Crippen LogP contribution is 2.29. The SMILES string of the molecule is COc1ccc(CCNC(=O)Cc2csc(NC(=O)C(C)C)n2)cc1OC(F)F. The molecule has 0 saturated heterocycles. The van der Waals surface area contributed by atoms with E-state index >= 15 is 0 Å². The number of thiazole rings is 1. The Kier molecular flexibility index (Phi) is 8.32. The van der Waals surface area contributed by atoms with Gasteiger partial charge in [0.15, 0.2) is 16.6 Å². The van der Waals surface area contributed by atoms with E-state index in [0.29, 0.717) is 29.4 Å². The number of hydrogen-bond acceptors (Lipinski definition) is 6. The maximum absolute atomic E-state index is 12.5. The van der Waals surface area contributed by atoms with E-state index in [1.807, 2.05) is 0 Å². The van der Waals surface area contributed by atoms with Crippen LogP contribution in [-0.4, -0.2) is 37.1 Å². The van der Waals surface area contributed by atoms with Crippen molar-refractivity contribution in [1.29, 1.82) is 0 Å². The zero-order valence-electron chi connectivity index (χ0n) is 16.3. The Morgan fingerprint density at radius 3 is 2.66 bits per heavy atom. The number of methoxy groups -OCH3 is 1. The largest absolute Gasteiger partial charge is 0.493 e. The maximum atomic E-state index is 12.5. The number of benzene rings is 1. The second-order valence-corrected chi connectivity index (χ2v) is 7.29. The molecule has 0 bridgehead atoms. The van der Waals surface area contributed by atoms with Gasteiger partial charge < -0.3 is 20.1 Å². The van der Waals surface area contributed by atoms with E-state index in [1.54, 1.807) is 25.3 Å². The molecule has 0 atom stereocenters. The van der Waals surface area contributed by atoms with Crippen LogP contribution in [0.4, 0.5) is 13.9 Å². The number of carbonyl (C=O) groups is 2. The van der Waals surface area contributed by atoms with Crippen LogP contribution in [0.3, 0.4) is 0 Å². The van der Waals surface area contributed by atoms with Crippen LogP contribution in [-0.2, 0) is 22.4 Å². The average molecular weight is 427 g/mol. The number of anilines is 1. The lowest BCUT2D eigenvalue weighted by molar-refractivity contribution is -0.120. The summed E-state index contributed by atoms with van der Waals surface area (Å²) in [6.07, 6.45) is 0.512. The first-order chi connectivity index (χ1) is 13.8. The monoisotopic (exact) mass is 427 g/mol. The number of amides is 2. The van der Waals surface area contributed by atoms with Gasteiger partial charge in [-0.2, -0.15) is 8.78 Å². The molecule has 2 rings (SSSR count). The molecule has 1 aromatic carbocycles. The van der Waals surface area contributed by atoms with Crippen molar-refractivity contribution in [2.75, 3.05) is 19.0 Å². The van der Waals surface area contributed by atoms with Crippen LogP contribution in [0.15, 0.2) is 23.6 Å². The Bertz CT molecular complexity index is 843. The van der Waals surface area contributed by atoms with Gasteiger partial charge in [0.25, 0.3) is 0 Å². The van der Waals surface area contributed by atoms with E-state index in [1.165, 1.54) is 30.6 Å². The van der Waals surface area contributed by atoms with Crippen molar-refractivity contribution in [3.63, 3.8) is 0 Å². The number of nitrogens with zero attached hydrogens (tertiary/aromatic N) is 1. The van der Waals surface area contributed by atoms with Gasteiger partial charge >= 0.3 is 6.61 Å². The number of hydrogen-bond donors (Lipinski definition) is 2. The van der Waals surface area contributed by atoms with Crippen LogP contribution in [0, 0.1) is 5.92 Å². The average Bonchev–Trinajstić information content (AvgIpc) is 3.08. The minimum absolute atomic E-state index is 0.0511. The van der Waals surface area contributed by atoms with Crippen molar-refractivity contribution < 1.29 is 27.8 Å². The molecule has 0 saturated carbocycles. The van der Waals surface area contributed by atoms with E-state index in [-0.39, 0.29) is 35.7 Å². The first-order valence-electron chi connectivity index (χ1n) is 8.92. The first-order valence-corrected chi connectivity index (χ1v) is 9.80. The molecule has 0 fully saturated rings. The predicted octanol–water partition coefficient (Wildman–Crippen LogP) is 3.25. The van der Waals surface area contributed by atoms with Crippen LogP contribution in [0.25, 0.3) is 0 Å². The standard InChI is InChI=1S/C19H23F2N3O4S/c1-11(2)17(26)24-19-23-13(10-29-19)9-16(25)22-7-6-12-4-5-14(27-3)15(8-12)28-18(20)21/h4-5,8,10-11,18H,6-7,9H2,1-3H3,(H,22,25)(H,23,24,26). The van der Waals surface area contributed by atoms with Crippen LogP contribution < -0.4 is 20.1 Å². The van der Waals surface area contributed by atoms with Crippen molar-refractivity contribution in [3.05, 3.63) is 34.8 Å². The molecular weight excluding hydrogens is 404 g/mol. The van der Waals surface area contributed by atoms with Gasteiger partial charge in [0.05, 0.1) is 19.2 Å². The Balaban J connectivity index is 1.83. The van der Waals surface area contributed by atoms with Crippen molar-refractivity contribution >= 4 is 28.3 Å². The van der Waals surface area contributed by atoms with Crippen LogP contribution in [0.5, 0.6) is 11.5 Å². The van der Waals surface area contributed by atoms with Gasteiger partial charge in [-0.15, -0.1) is 11.3 Å². The number of halogens is 2. The second-order valence-electron chi connectivity index (χ2n) is 6.43. The zero-order valence-corrected chi connectivity index (χ0v) is 17.1. The molecule has 1 aromatic heterocycles. The summed E-state index contributed by atoms with van der Waals surface area (Å²) in [5.74, 6) is -0.360. The Morgan fingerprint density at radius 2 is 2.00 bits per heavy atom. The number of nitrogens with one attached hydrogen (secondary N) is 2. The highest BCUT2D eigenvalue weighted by Gasteiger charge is 2.13. The Morgan fingerprint density at radius 1 is 1.24 bits per heavy atom. The molecule has 0 unspecified atom stereocenters. The Hall–Kier alpha value is -2.75. The van der Waals surface area contributed by atoms with Gasteiger partial charge in [-0.3, -0.25) is 9.59 Å². The van der Waals surface area contributed by atoms with Gasteiger partial charge in [0.2, 0.25) is 11.8 Å². The fourth-order valence-corrected chi connectivity index (χ4v) is 3.05. The molecule has 0 aliphatic carbocycles. The molecule has 0 radical (unpaired) electrons. The molecule has 29 heavy (non-hydrogen) atoms. The zero-order chi connectivity index (χ0) is 21.4. The summed E-state index contributed by atoms with van der Waals surface area (Å²) in [6.45, 7) is 0.929. The van der Waals surface area contributed by atoms with Crippen molar-refractivity contribution in [2.24, 2.45) is 5.92 Å². The summed E-state index contributed by atoms with van der Waals surface area (Å²) in [5, 5.41) is 7.61. The second kappa shape index (κ2) is 10.7. The van der Waals surface area contributed by atoms with E-state index in [9.17, 15) is 18.4 Å². The number of ether oxygens (including phenoxy) is 2. The lowest BCUT2D eigenvalue weighted by Gasteiger charge is -2.11. The predicted molar refractivity (Wildman–Crippen MR) is 106 cm³/mol. The molecule has 0 aliphatic rings. The lowest BCUT2D eigenvalue weighted by Crippen LogP contribution is -2.27. The van der Waals surface area contributed by atoms with Gasteiger partial charge in [-0.1, -0.05) is 19.9 Å². The topological polar surface area (TPSA) is 89.6 Å². The number of aromatic nitrogens is 1. The summed E-state index contributed by atoms with van der Waals surface area (Å²) < 4.78 is 34.4. The highest BCUT2D eigenvalue weighted by atomic mass is 32.1. The quantitative estimate of drug-likeness (QED) is 0.608. The molecule has 2 aromatic rings. The fraction of sp³-hybridized carbons (Fsp3) is 0.421. The summed E-state index contributed by atoms with van der Waals surface area (Å²) >= 11 is 1.26. The van der Waals surface area contributed by atoms with Gasteiger partial charge in [0, 0.05) is 17.8 Å². The molecule has 2 N–H and O–H groups in total. The van der Waals surface area contributed by atoms with Crippen LogP contribution in [0.1, 0.15) is 25.1 Å². The van der Waals surface area contributed by atoms with E-state index in [4.69, 9.17) is 4.74 Å². The minimum atomic E-state index is -2.95. The van der Waals surface area contributed by atoms with E-state index < -0.39 is 6.61 Å². The third-order valence-electron chi connectivity index (χ3n) is 3.83. The highest BCUT2D eigenvalue weighted by molar-refractivity contribution is 7.13. The molecule has 0 aliphatic heterocycles. The van der Waals surface area contributed by atoms with E-state index in [2.05, 4.69) is 20.4 Å². The third-order valence-corrected chi connectivity index (χ3v) is 4.63. The summed E-state index contributed by atoms with van der Waals surface area (Å²) in [5.41, 5.74) is 1.28. The van der Waals surface area contributed by atoms with Crippen molar-refractivity contribution in [1.82, 2.24) is 10.3 Å². The molecule has 10 heteroatoms. The molecule has 2 amide bonds. The summed E-state index contributed by atoms with van der Waals surface area (Å²) in [4.78, 5) is 28.0. The summed E-state index contributed by atoms with van der Waals surface area (Å²) in [6, 6.07) is 4.71. The van der Waals surface area contributed by atoms with E-state index in [0.717, 1.165) is 0 Å². The molecule has 0 spiro atoms. The van der Waals surface area contributed by atoms with Gasteiger partial charge in [0.1, 0.15) is 0 Å². The lowest BCUT2D eigenvalue weighted by atomic mass is 10.1. The number of rotatable bonds is 10. The van der Waals surface area contributed by atoms with Crippen LogP contribution >= 0.6 is 11.3 Å². The van der Waals surface area contributed by atoms with Crippen molar-refractivity contribution in [3.8, 4) is 11.5 Å². The Labute approximate surface area is 171 Å². The minimum Gasteiger partial charge on any atom is -0.493 e. The third kappa shape index (κ3) is 7.30. The molecule has 158 valence electrons. The molecule has 1 heterocycles. The summed E-state index contributed by atoms with van der Waals surface area (Å²) in [7, 11) is 1.37. The van der Waals surface area contributed by atoms with Gasteiger partial charge in [-0.25, -0.2) is 4.98 Å².